The van der Waals surface area contributed by atoms with E-state index in [1.165, 1.54) is 12.6 Å². The maximum Gasteiger partial charge on any atom is 0.205 e. The van der Waals surface area contributed by atoms with Gasteiger partial charge in [0, 0.05) is 6.20 Å². The maximum absolute atomic E-state index is 4.61. The van der Waals surface area contributed by atoms with Crippen LogP contribution in [-0.4, -0.2) is 15.1 Å². The third kappa shape index (κ3) is 0.561. The van der Waals surface area contributed by atoms with Crippen LogP contribution in [0, 0.1) is 0 Å². The third-order valence-electron chi connectivity index (χ3n) is 1.04. The highest BCUT2D eigenvalue weighted by Crippen LogP contribution is 2.03. The Morgan fingerprint density at radius 3 is 3.33 bits per heavy atom. The predicted octanol–water partition coefficient (Wildman–Crippen LogP) is 0.618. The highest BCUT2D eigenvalue weighted by atomic mass is 16.5. The monoisotopic (exact) mass is 121 g/mol. The lowest BCUT2D eigenvalue weighted by molar-refractivity contribution is 0.426. The molecule has 9 heavy (non-hydrogen) atoms. The van der Waals surface area contributed by atoms with Gasteiger partial charge in [0.2, 0.25) is 5.65 Å². The molecule has 0 aromatic carbocycles. The van der Waals surface area contributed by atoms with Crippen molar-refractivity contribution in [2.24, 2.45) is 0 Å². The minimum Gasteiger partial charge on any atom is -0.362 e. The van der Waals surface area contributed by atoms with E-state index in [9.17, 15) is 0 Å². The molecule has 0 atom stereocenters. The van der Waals surface area contributed by atoms with Crippen LogP contribution in [0.2, 0.25) is 0 Å². The first-order valence-electron chi connectivity index (χ1n) is 2.47. The highest BCUT2D eigenvalue weighted by Gasteiger charge is 1.94. The van der Waals surface area contributed by atoms with Crippen LogP contribution in [0.4, 0.5) is 0 Å². The van der Waals surface area contributed by atoms with E-state index in [1.54, 1.807) is 6.20 Å². The summed E-state index contributed by atoms with van der Waals surface area (Å²) >= 11 is 0. The minimum absolute atomic E-state index is 0.602. The largest absolute Gasteiger partial charge is 0.362 e. The van der Waals surface area contributed by atoms with Crippen LogP contribution in [0.3, 0.4) is 0 Å². The van der Waals surface area contributed by atoms with Crippen molar-refractivity contribution in [3.05, 3.63) is 18.8 Å². The molecular weight excluding hydrogens is 118 g/mol. The molecule has 0 unspecified atom stereocenters. The summed E-state index contributed by atoms with van der Waals surface area (Å²) in [5, 5.41) is 4.42. The molecule has 4 heteroatoms. The zero-order valence-electron chi connectivity index (χ0n) is 4.48. The number of aromatic nitrogens is 3. The molecule has 44 valence electrons. The Kier molecular flexibility index (Phi) is 0.745. The molecule has 0 N–H and O–H groups in total. The minimum atomic E-state index is 0.602. The van der Waals surface area contributed by atoms with Gasteiger partial charge < -0.3 is 4.52 Å². The van der Waals surface area contributed by atoms with Crippen LogP contribution in [0.25, 0.3) is 11.0 Å². The smallest absolute Gasteiger partial charge is 0.205 e. The summed E-state index contributed by atoms with van der Waals surface area (Å²) in [5.41, 5.74) is 0.602. The Hall–Kier alpha value is -1.45. The molecule has 0 amide bonds. The SMILES string of the molecule is c1ncc2conc2n1. The average Bonchev–Trinajstić information content (AvgIpc) is 2.33. The van der Waals surface area contributed by atoms with Crippen LogP contribution in [0.1, 0.15) is 0 Å². The van der Waals surface area contributed by atoms with E-state index in [-0.39, 0.29) is 0 Å². The fourth-order valence-corrected chi connectivity index (χ4v) is 0.626. The summed E-state index contributed by atoms with van der Waals surface area (Å²) in [5.74, 6) is 0. The van der Waals surface area contributed by atoms with Crippen molar-refractivity contribution in [3.8, 4) is 0 Å². The second kappa shape index (κ2) is 1.51. The summed E-state index contributed by atoms with van der Waals surface area (Å²) in [6.07, 6.45) is 4.60. The lowest BCUT2D eigenvalue weighted by atomic mass is 10.5. The van der Waals surface area contributed by atoms with Crippen molar-refractivity contribution in [2.45, 2.75) is 0 Å². The van der Waals surface area contributed by atoms with Gasteiger partial charge in [-0.05, 0) is 0 Å². The van der Waals surface area contributed by atoms with Crippen molar-refractivity contribution in [2.75, 3.05) is 0 Å². The van der Waals surface area contributed by atoms with Gasteiger partial charge in [-0.25, -0.2) is 9.97 Å². The van der Waals surface area contributed by atoms with E-state index in [2.05, 4.69) is 19.6 Å². The Morgan fingerprint density at radius 2 is 2.44 bits per heavy atom. The van der Waals surface area contributed by atoms with Crippen molar-refractivity contribution >= 4 is 11.0 Å². The zero-order valence-corrected chi connectivity index (χ0v) is 4.48. The van der Waals surface area contributed by atoms with E-state index in [0.29, 0.717) is 5.65 Å². The van der Waals surface area contributed by atoms with Gasteiger partial charge in [0.25, 0.3) is 0 Å². The first-order valence-corrected chi connectivity index (χ1v) is 2.47. The molecule has 4 nitrogen and oxygen atoms in total. The quantitative estimate of drug-likeness (QED) is 0.512. The summed E-state index contributed by atoms with van der Waals surface area (Å²) < 4.78 is 4.61. The second-order valence-corrected chi connectivity index (χ2v) is 1.62. The van der Waals surface area contributed by atoms with Gasteiger partial charge >= 0.3 is 0 Å². The van der Waals surface area contributed by atoms with Gasteiger partial charge in [0.05, 0.1) is 5.39 Å². The summed E-state index contributed by atoms with van der Waals surface area (Å²) in [6.45, 7) is 0. The van der Waals surface area contributed by atoms with E-state index >= 15 is 0 Å². The first kappa shape index (κ1) is 4.43. The number of nitrogens with zero attached hydrogens (tertiary/aromatic N) is 3. The molecule has 2 heterocycles. The van der Waals surface area contributed by atoms with Gasteiger partial charge in [-0.3, -0.25) is 0 Å². The fraction of sp³-hybridized carbons (Fsp3) is 0. The van der Waals surface area contributed by atoms with Crippen molar-refractivity contribution < 1.29 is 4.52 Å². The molecule has 0 spiro atoms. The molecule has 0 saturated carbocycles. The molecule has 0 radical (unpaired) electrons. The predicted molar refractivity (Wildman–Crippen MR) is 29.6 cm³/mol. The van der Waals surface area contributed by atoms with Gasteiger partial charge in [0.1, 0.15) is 12.6 Å². The average molecular weight is 121 g/mol. The van der Waals surface area contributed by atoms with E-state index in [4.69, 9.17) is 0 Å². The standard InChI is InChI=1S/C5H3N3O/c1-4-2-9-8-5(4)7-3-6-1/h1-3H. The lowest BCUT2D eigenvalue weighted by Gasteiger charge is -1.77. The van der Waals surface area contributed by atoms with Crippen molar-refractivity contribution in [1.29, 1.82) is 0 Å². The normalized spacial score (nSPS) is 10.2. The van der Waals surface area contributed by atoms with Gasteiger partial charge in [-0.2, -0.15) is 0 Å². The molecule has 0 saturated heterocycles. The number of fused-ring (bicyclic) bond motifs is 1. The second-order valence-electron chi connectivity index (χ2n) is 1.62. The number of rotatable bonds is 0. The van der Waals surface area contributed by atoms with Gasteiger partial charge in [-0.1, -0.05) is 5.16 Å². The van der Waals surface area contributed by atoms with E-state index in [1.807, 2.05) is 0 Å². The van der Waals surface area contributed by atoms with Crippen molar-refractivity contribution in [1.82, 2.24) is 15.1 Å². The number of hydrogen-bond acceptors (Lipinski definition) is 4. The van der Waals surface area contributed by atoms with Crippen LogP contribution >= 0.6 is 0 Å². The van der Waals surface area contributed by atoms with Crippen molar-refractivity contribution in [3.63, 3.8) is 0 Å². The Balaban J connectivity index is 2.95. The molecule has 2 aromatic heterocycles. The Bertz CT molecular complexity index is 286. The van der Waals surface area contributed by atoms with Crippen LogP contribution in [0.15, 0.2) is 23.3 Å². The molecule has 0 aliphatic carbocycles. The fourth-order valence-electron chi connectivity index (χ4n) is 0.626. The molecule has 0 aliphatic rings. The maximum atomic E-state index is 4.61. The molecule has 0 fully saturated rings. The lowest BCUT2D eigenvalue weighted by Crippen LogP contribution is -1.75. The van der Waals surface area contributed by atoms with E-state index < -0.39 is 0 Å². The molecule has 0 aliphatic heterocycles. The molecule has 2 rings (SSSR count). The Labute approximate surface area is 50.5 Å². The molecule has 2 aromatic rings. The molecular formula is C5H3N3O. The topological polar surface area (TPSA) is 51.8 Å². The van der Waals surface area contributed by atoms with Crippen LogP contribution in [-0.2, 0) is 0 Å². The highest BCUT2D eigenvalue weighted by molar-refractivity contribution is 5.70. The first-order chi connectivity index (χ1) is 4.47. The zero-order chi connectivity index (χ0) is 6.10. The summed E-state index contributed by atoms with van der Waals surface area (Å²) in [4.78, 5) is 7.60. The number of hydrogen-bond donors (Lipinski definition) is 0. The van der Waals surface area contributed by atoms with Crippen LogP contribution in [0.5, 0.6) is 0 Å². The van der Waals surface area contributed by atoms with Gasteiger partial charge in [-0.15, -0.1) is 0 Å². The summed E-state index contributed by atoms with van der Waals surface area (Å²) in [7, 11) is 0. The summed E-state index contributed by atoms with van der Waals surface area (Å²) in [6, 6.07) is 0. The third-order valence-corrected chi connectivity index (χ3v) is 1.04. The molecule has 0 bridgehead atoms. The van der Waals surface area contributed by atoms with E-state index in [0.717, 1.165) is 5.39 Å². The van der Waals surface area contributed by atoms with Crippen LogP contribution < -0.4 is 0 Å². The van der Waals surface area contributed by atoms with Gasteiger partial charge in [0.15, 0.2) is 0 Å². The Morgan fingerprint density at radius 1 is 1.44 bits per heavy atom.